The fourth-order valence-corrected chi connectivity index (χ4v) is 5.53. The smallest absolute Gasteiger partial charge is 0.420 e. The van der Waals surface area contributed by atoms with Crippen molar-refractivity contribution in [1.29, 1.82) is 0 Å². The molecule has 45 heavy (non-hydrogen) atoms. The highest BCUT2D eigenvalue weighted by Gasteiger charge is 2.38. The van der Waals surface area contributed by atoms with Crippen LogP contribution >= 0.6 is 0 Å². The van der Waals surface area contributed by atoms with Crippen molar-refractivity contribution < 1.29 is 37.0 Å². The second kappa shape index (κ2) is 11.9. The molecule has 6 rings (SSSR count). The van der Waals surface area contributed by atoms with Crippen molar-refractivity contribution in [3.05, 3.63) is 113 Å². The summed E-state index contributed by atoms with van der Waals surface area (Å²) in [5.74, 6) is -0.761. The summed E-state index contributed by atoms with van der Waals surface area (Å²) in [6.45, 7) is 0.325. The van der Waals surface area contributed by atoms with E-state index in [4.69, 9.17) is 9.47 Å². The van der Waals surface area contributed by atoms with Gasteiger partial charge in [-0.25, -0.2) is 9.78 Å². The van der Waals surface area contributed by atoms with Gasteiger partial charge in [0.15, 0.2) is 0 Å². The zero-order valence-corrected chi connectivity index (χ0v) is 24.0. The molecule has 2 aliphatic heterocycles. The Morgan fingerprint density at radius 1 is 0.978 bits per heavy atom. The lowest BCUT2D eigenvalue weighted by Gasteiger charge is -2.22. The van der Waals surface area contributed by atoms with Crippen LogP contribution in [0.2, 0.25) is 0 Å². The number of carbonyl (C=O) groups is 3. The van der Waals surface area contributed by atoms with Crippen LogP contribution in [0.5, 0.6) is 11.6 Å². The Morgan fingerprint density at radius 2 is 1.67 bits per heavy atom. The van der Waals surface area contributed by atoms with Gasteiger partial charge >= 0.3 is 12.2 Å². The summed E-state index contributed by atoms with van der Waals surface area (Å²) < 4.78 is 51.9. The third kappa shape index (κ3) is 5.91. The summed E-state index contributed by atoms with van der Waals surface area (Å²) in [6, 6.07) is 20.8. The van der Waals surface area contributed by atoms with Crippen molar-refractivity contribution in [1.82, 2.24) is 9.88 Å². The Hall–Kier alpha value is -5.39. The Kier molecular flexibility index (Phi) is 7.88. The van der Waals surface area contributed by atoms with Crippen molar-refractivity contribution in [2.75, 3.05) is 30.4 Å². The minimum absolute atomic E-state index is 0.124. The molecule has 0 saturated carbocycles. The summed E-state index contributed by atoms with van der Waals surface area (Å²) >= 11 is 0. The predicted molar refractivity (Wildman–Crippen MR) is 159 cm³/mol. The Bertz CT molecular complexity index is 1730. The van der Waals surface area contributed by atoms with Gasteiger partial charge in [-0.05, 0) is 47.9 Å². The molecule has 12 heteroatoms. The summed E-state index contributed by atoms with van der Waals surface area (Å²) in [5.41, 5.74) is 1.65. The summed E-state index contributed by atoms with van der Waals surface area (Å²) in [7, 11) is 1.17. The molecule has 1 N–H and O–H groups in total. The first-order valence-corrected chi connectivity index (χ1v) is 14.1. The lowest BCUT2D eigenvalue weighted by molar-refractivity contribution is -0.138. The quantitative estimate of drug-likeness (QED) is 0.227. The molecule has 230 valence electrons. The second-order valence-electron chi connectivity index (χ2n) is 10.5. The summed E-state index contributed by atoms with van der Waals surface area (Å²) in [6.07, 6.45) is -3.14. The molecule has 3 aromatic carbocycles. The largest absolute Gasteiger partial charge is 0.496 e. The number of fused-ring (bicyclic) bond motifs is 2. The SMILES string of the molecule is COc1cc2c(cc1C(F)(F)F)N(C(=O)Nc1ccc(O[C@H](CCN3C(=O)c4ccccc4C3=O)c3ccccc3)nc1)CC2. The monoisotopic (exact) mass is 616 g/mol. The molecule has 1 aromatic heterocycles. The number of nitrogens with zero attached hydrogens (tertiary/aromatic N) is 3. The third-order valence-electron chi connectivity index (χ3n) is 7.76. The number of ether oxygens (including phenoxy) is 2. The van der Waals surface area contributed by atoms with Gasteiger partial charge in [0.25, 0.3) is 11.8 Å². The average Bonchev–Trinajstić information content (AvgIpc) is 3.57. The number of nitrogens with one attached hydrogen (secondary N) is 1. The number of benzene rings is 3. The van der Waals surface area contributed by atoms with Crippen LogP contribution in [0, 0.1) is 0 Å². The molecule has 0 saturated heterocycles. The van der Waals surface area contributed by atoms with Crippen LogP contribution in [-0.2, 0) is 12.6 Å². The molecule has 0 aliphatic carbocycles. The topological polar surface area (TPSA) is 101 Å². The Labute approximate surface area is 256 Å². The number of alkyl halides is 3. The van der Waals surface area contributed by atoms with Crippen molar-refractivity contribution >= 4 is 29.2 Å². The molecule has 0 unspecified atom stereocenters. The first kappa shape index (κ1) is 29.7. The average molecular weight is 617 g/mol. The number of urea groups is 1. The molecule has 4 amide bonds. The number of carbonyl (C=O) groups excluding carboxylic acids is 3. The molecule has 1 atom stereocenters. The molecule has 9 nitrogen and oxygen atoms in total. The van der Waals surface area contributed by atoms with Crippen molar-refractivity contribution in [2.45, 2.75) is 25.1 Å². The van der Waals surface area contributed by atoms with Crippen LogP contribution in [-0.4, -0.2) is 47.9 Å². The van der Waals surface area contributed by atoms with Crippen molar-refractivity contribution in [3.63, 3.8) is 0 Å². The zero-order valence-electron chi connectivity index (χ0n) is 24.0. The highest BCUT2D eigenvalue weighted by atomic mass is 19.4. The minimum atomic E-state index is -4.65. The van der Waals surface area contributed by atoms with Crippen LogP contribution in [0.3, 0.4) is 0 Å². The molecule has 4 aromatic rings. The molecule has 0 fully saturated rings. The molecular weight excluding hydrogens is 589 g/mol. The van der Waals surface area contributed by atoms with Crippen molar-refractivity contribution in [2.24, 2.45) is 0 Å². The van der Waals surface area contributed by atoms with Gasteiger partial charge in [-0.3, -0.25) is 19.4 Å². The fourth-order valence-electron chi connectivity index (χ4n) is 5.53. The van der Waals surface area contributed by atoms with Crippen LogP contribution in [0.1, 0.15) is 49.9 Å². The van der Waals surface area contributed by atoms with Crippen LogP contribution in [0.4, 0.5) is 29.3 Å². The number of hydrogen-bond acceptors (Lipinski definition) is 6. The minimum Gasteiger partial charge on any atom is -0.496 e. The maximum atomic E-state index is 13.6. The van der Waals surface area contributed by atoms with E-state index in [1.54, 1.807) is 36.4 Å². The molecule has 0 radical (unpaired) electrons. The number of anilines is 2. The van der Waals surface area contributed by atoms with Gasteiger partial charge in [-0.2, -0.15) is 13.2 Å². The fraction of sp³-hybridized carbons (Fsp3) is 0.212. The Balaban J connectivity index is 1.14. The normalized spacial score (nSPS) is 14.7. The first-order valence-electron chi connectivity index (χ1n) is 14.1. The van der Waals surface area contributed by atoms with E-state index >= 15 is 0 Å². The van der Waals surface area contributed by atoms with E-state index in [2.05, 4.69) is 10.3 Å². The van der Waals surface area contributed by atoms with E-state index in [1.165, 1.54) is 29.2 Å². The van der Waals surface area contributed by atoms with E-state index in [9.17, 15) is 27.6 Å². The number of amides is 4. The number of imide groups is 1. The predicted octanol–water partition coefficient (Wildman–Crippen LogP) is 6.51. The molecule has 0 spiro atoms. The zero-order chi connectivity index (χ0) is 31.7. The number of hydrogen-bond donors (Lipinski definition) is 1. The second-order valence-corrected chi connectivity index (χ2v) is 10.5. The van der Waals surface area contributed by atoms with Crippen molar-refractivity contribution in [3.8, 4) is 11.6 Å². The summed E-state index contributed by atoms with van der Waals surface area (Å²) in [5, 5.41) is 2.68. The molecule has 0 bridgehead atoms. The number of halogens is 3. The van der Waals surface area contributed by atoms with Crippen LogP contribution in [0.25, 0.3) is 0 Å². The number of pyridine rings is 1. The third-order valence-corrected chi connectivity index (χ3v) is 7.76. The first-order chi connectivity index (χ1) is 21.6. The van der Waals surface area contributed by atoms with Gasteiger partial charge < -0.3 is 14.8 Å². The maximum Gasteiger partial charge on any atom is 0.420 e. The van der Waals surface area contributed by atoms with Gasteiger partial charge in [0, 0.05) is 31.3 Å². The van der Waals surface area contributed by atoms with Crippen LogP contribution in [0.15, 0.2) is 85.1 Å². The van der Waals surface area contributed by atoms with E-state index in [-0.39, 0.29) is 42.2 Å². The van der Waals surface area contributed by atoms with Gasteiger partial charge in [-0.1, -0.05) is 42.5 Å². The number of rotatable bonds is 8. The van der Waals surface area contributed by atoms with E-state index in [0.29, 0.717) is 35.2 Å². The number of methoxy groups -OCH3 is 1. The summed E-state index contributed by atoms with van der Waals surface area (Å²) in [4.78, 5) is 45.5. The van der Waals surface area contributed by atoms with E-state index < -0.39 is 23.9 Å². The highest BCUT2D eigenvalue weighted by Crippen LogP contribution is 2.42. The van der Waals surface area contributed by atoms with Gasteiger partial charge in [0.1, 0.15) is 11.9 Å². The van der Waals surface area contributed by atoms with Gasteiger partial charge in [0.2, 0.25) is 5.88 Å². The highest BCUT2D eigenvalue weighted by molar-refractivity contribution is 6.21. The molecular formula is C33H27F3N4O5. The van der Waals surface area contributed by atoms with E-state index in [0.717, 1.165) is 11.6 Å². The Morgan fingerprint density at radius 3 is 2.29 bits per heavy atom. The molecule has 3 heterocycles. The number of aromatic nitrogens is 1. The van der Waals surface area contributed by atoms with Gasteiger partial charge in [-0.15, -0.1) is 0 Å². The van der Waals surface area contributed by atoms with Crippen LogP contribution < -0.4 is 19.7 Å². The van der Waals surface area contributed by atoms with Gasteiger partial charge in [0.05, 0.1) is 35.7 Å². The standard InChI is InChI=1S/C33H27F3N4O5/c1-44-28-17-21-13-15-39(26(21)18-25(28)33(34,35)36)32(43)38-22-11-12-29(37-19-22)45-27(20-7-3-2-4-8-20)14-16-40-30(41)23-9-5-6-10-24(23)31(40)42/h2-12,17-19,27H,13-16H2,1H3,(H,38,43)/t27-/m1/s1. The van der Waals surface area contributed by atoms with E-state index in [1.807, 2.05) is 30.3 Å². The molecule has 2 aliphatic rings. The maximum absolute atomic E-state index is 13.6. The lowest BCUT2D eigenvalue weighted by Crippen LogP contribution is -2.33. The lowest BCUT2D eigenvalue weighted by atomic mass is 10.1.